The zero-order valence-corrected chi connectivity index (χ0v) is 9.76. The van der Waals surface area contributed by atoms with E-state index in [1.165, 1.54) is 0 Å². The molecule has 1 aliphatic carbocycles. The molecule has 2 aromatic rings. The van der Waals surface area contributed by atoms with Crippen molar-refractivity contribution in [1.29, 1.82) is 0 Å². The van der Waals surface area contributed by atoms with Gasteiger partial charge < -0.3 is 4.74 Å². The fraction of sp³-hybridized carbons (Fsp3) is 0.250. The van der Waals surface area contributed by atoms with Crippen LogP contribution < -0.4 is 4.74 Å². The highest BCUT2D eigenvalue weighted by atomic mass is 35.5. The largest absolute Gasteiger partial charge is 0.437 e. The summed E-state index contributed by atoms with van der Waals surface area (Å²) in [6, 6.07) is 5.24. The van der Waals surface area contributed by atoms with Gasteiger partial charge >= 0.3 is 0 Å². The SMILES string of the molecule is Clc1cc(Oc2cccnc2)nc(C2CC2)n1. The van der Waals surface area contributed by atoms with Gasteiger partial charge in [0.1, 0.15) is 16.7 Å². The second-order valence-corrected chi connectivity index (χ2v) is 4.34. The maximum Gasteiger partial charge on any atom is 0.224 e. The molecule has 0 saturated heterocycles. The van der Waals surface area contributed by atoms with Crippen molar-refractivity contribution in [3.8, 4) is 11.6 Å². The minimum absolute atomic E-state index is 0.417. The Kier molecular flexibility index (Phi) is 2.65. The third-order valence-electron chi connectivity index (χ3n) is 2.49. The minimum Gasteiger partial charge on any atom is -0.437 e. The minimum atomic E-state index is 0.417. The smallest absolute Gasteiger partial charge is 0.224 e. The van der Waals surface area contributed by atoms with Gasteiger partial charge in [0.25, 0.3) is 0 Å². The Bertz CT molecular complexity index is 529. The van der Waals surface area contributed by atoms with Gasteiger partial charge in [-0.25, -0.2) is 4.98 Å². The van der Waals surface area contributed by atoms with E-state index < -0.39 is 0 Å². The van der Waals surface area contributed by atoms with E-state index in [1.54, 1.807) is 24.5 Å². The molecule has 0 N–H and O–H groups in total. The van der Waals surface area contributed by atoms with Gasteiger partial charge in [0.15, 0.2) is 0 Å². The number of halogens is 1. The van der Waals surface area contributed by atoms with Gasteiger partial charge in [0, 0.05) is 18.2 Å². The van der Waals surface area contributed by atoms with Crippen molar-refractivity contribution in [2.45, 2.75) is 18.8 Å². The molecule has 0 unspecified atom stereocenters. The molecule has 4 nitrogen and oxygen atoms in total. The molecular weight excluding hydrogens is 238 g/mol. The van der Waals surface area contributed by atoms with Crippen molar-refractivity contribution in [1.82, 2.24) is 15.0 Å². The molecular formula is C12H10ClN3O. The molecule has 1 fully saturated rings. The number of pyridine rings is 1. The van der Waals surface area contributed by atoms with E-state index in [9.17, 15) is 0 Å². The van der Waals surface area contributed by atoms with Crippen molar-refractivity contribution < 1.29 is 4.74 Å². The van der Waals surface area contributed by atoms with Crippen molar-refractivity contribution >= 4 is 11.6 Å². The van der Waals surface area contributed by atoms with Crippen LogP contribution in [0.5, 0.6) is 11.6 Å². The molecule has 0 atom stereocenters. The average Bonchev–Trinajstić information content (AvgIpc) is 3.13. The topological polar surface area (TPSA) is 47.9 Å². The molecule has 17 heavy (non-hydrogen) atoms. The molecule has 0 aliphatic heterocycles. The molecule has 5 heteroatoms. The number of ether oxygens (including phenoxy) is 1. The monoisotopic (exact) mass is 247 g/mol. The molecule has 86 valence electrons. The van der Waals surface area contributed by atoms with E-state index in [1.807, 2.05) is 6.07 Å². The number of nitrogens with zero attached hydrogens (tertiary/aromatic N) is 3. The third kappa shape index (κ3) is 2.53. The Morgan fingerprint density at radius 1 is 1.29 bits per heavy atom. The molecule has 0 aromatic carbocycles. The Hall–Kier alpha value is -1.68. The number of hydrogen-bond donors (Lipinski definition) is 0. The van der Waals surface area contributed by atoms with Crippen molar-refractivity contribution in [2.24, 2.45) is 0 Å². The van der Waals surface area contributed by atoms with Gasteiger partial charge in [-0.05, 0) is 25.0 Å². The van der Waals surface area contributed by atoms with E-state index >= 15 is 0 Å². The predicted molar refractivity (Wildman–Crippen MR) is 63.3 cm³/mol. The van der Waals surface area contributed by atoms with Gasteiger partial charge in [-0.1, -0.05) is 11.6 Å². The molecule has 0 bridgehead atoms. The van der Waals surface area contributed by atoms with Crippen LogP contribution in [0.1, 0.15) is 24.6 Å². The molecule has 1 saturated carbocycles. The lowest BCUT2D eigenvalue weighted by Crippen LogP contribution is -1.96. The van der Waals surface area contributed by atoms with Gasteiger partial charge in [-0.15, -0.1) is 0 Å². The maximum absolute atomic E-state index is 5.94. The Morgan fingerprint density at radius 2 is 2.18 bits per heavy atom. The zero-order valence-electron chi connectivity index (χ0n) is 9.01. The molecule has 1 aliphatic rings. The molecule has 0 spiro atoms. The van der Waals surface area contributed by atoms with Crippen molar-refractivity contribution in [2.75, 3.05) is 0 Å². The van der Waals surface area contributed by atoms with Crippen LogP contribution in [0, 0.1) is 0 Å². The second kappa shape index (κ2) is 4.30. The number of hydrogen-bond acceptors (Lipinski definition) is 4. The summed E-state index contributed by atoms with van der Waals surface area (Å²) >= 11 is 5.94. The van der Waals surface area contributed by atoms with E-state index in [4.69, 9.17) is 16.3 Å². The van der Waals surface area contributed by atoms with Crippen molar-refractivity contribution in [3.05, 3.63) is 41.6 Å². The van der Waals surface area contributed by atoms with E-state index in [2.05, 4.69) is 15.0 Å². The van der Waals surface area contributed by atoms with Gasteiger partial charge in [-0.3, -0.25) is 4.98 Å². The third-order valence-corrected chi connectivity index (χ3v) is 2.68. The maximum atomic E-state index is 5.94. The summed E-state index contributed by atoms with van der Waals surface area (Å²) in [5.74, 6) is 2.34. The molecule has 2 heterocycles. The van der Waals surface area contributed by atoms with Gasteiger partial charge in [0.2, 0.25) is 5.88 Å². The summed E-state index contributed by atoms with van der Waals surface area (Å²) in [5.41, 5.74) is 0. The Morgan fingerprint density at radius 3 is 2.88 bits per heavy atom. The summed E-state index contributed by atoms with van der Waals surface area (Å²) < 4.78 is 5.58. The first-order chi connectivity index (χ1) is 8.31. The van der Waals surface area contributed by atoms with E-state index in [0.29, 0.717) is 22.7 Å². The summed E-state index contributed by atoms with van der Waals surface area (Å²) in [6.45, 7) is 0. The van der Waals surface area contributed by atoms with Crippen molar-refractivity contribution in [3.63, 3.8) is 0 Å². The second-order valence-electron chi connectivity index (χ2n) is 3.95. The predicted octanol–water partition coefficient (Wildman–Crippen LogP) is 3.19. The molecule has 0 amide bonds. The summed E-state index contributed by atoms with van der Waals surface area (Å²) in [6.07, 6.45) is 5.58. The summed E-state index contributed by atoms with van der Waals surface area (Å²) in [4.78, 5) is 12.5. The lowest BCUT2D eigenvalue weighted by molar-refractivity contribution is 0.456. The quantitative estimate of drug-likeness (QED) is 0.782. The van der Waals surface area contributed by atoms with Crippen LogP contribution in [0.15, 0.2) is 30.6 Å². The normalized spacial score (nSPS) is 14.6. The van der Waals surface area contributed by atoms with E-state index in [-0.39, 0.29) is 0 Å². The first-order valence-electron chi connectivity index (χ1n) is 5.43. The lowest BCUT2D eigenvalue weighted by atomic mass is 10.4. The van der Waals surface area contributed by atoms with Crippen LogP contribution in [-0.4, -0.2) is 15.0 Å². The average molecular weight is 248 g/mol. The van der Waals surface area contributed by atoms with Crippen LogP contribution >= 0.6 is 11.6 Å². The van der Waals surface area contributed by atoms with Crippen LogP contribution in [0.2, 0.25) is 5.15 Å². The number of rotatable bonds is 3. The van der Waals surface area contributed by atoms with Crippen LogP contribution in [0.3, 0.4) is 0 Å². The number of aromatic nitrogens is 3. The highest BCUT2D eigenvalue weighted by molar-refractivity contribution is 6.29. The highest BCUT2D eigenvalue weighted by Gasteiger charge is 2.27. The Balaban J connectivity index is 1.87. The fourth-order valence-electron chi connectivity index (χ4n) is 1.52. The fourth-order valence-corrected chi connectivity index (χ4v) is 1.70. The zero-order chi connectivity index (χ0) is 11.7. The van der Waals surface area contributed by atoms with Crippen LogP contribution in [-0.2, 0) is 0 Å². The Labute approximate surface area is 104 Å². The molecule has 3 rings (SSSR count). The lowest BCUT2D eigenvalue weighted by Gasteiger charge is -2.05. The molecule has 0 radical (unpaired) electrons. The van der Waals surface area contributed by atoms with E-state index in [0.717, 1.165) is 18.7 Å². The van der Waals surface area contributed by atoms with Crippen LogP contribution in [0.4, 0.5) is 0 Å². The van der Waals surface area contributed by atoms with Gasteiger partial charge in [0.05, 0.1) is 6.20 Å². The summed E-state index contributed by atoms with van der Waals surface area (Å²) in [7, 11) is 0. The van der Waals surface area contributed by atoms with Crippen LogP contribution in [0.25, 0.3) is 0 Å². The van der Waals surface area contributed by atoms with Gasteiger partial charge in [-0.2, -0.15) is 4.98 Å². The standard InChI is InChI=1S/C12H10ClN3O/c13-10-6-11(16-12(15-10)8-3-4-8)17-9-2-1-5-14-7-9/h1-2,5-8H,3-4H2. The first kappa shape index (κ1) is 10.5. The highest BCUT2D eigenvalue weighted by Crippen LogP contribution is 2.39. The first-order valence-corrected chi connectivity index (χ1v) is 5.81. The molecule has 2 aromatic heterocycles. The summed E-state index contributed by atoms with van der Waals surface area (Å²) in [5, 5.41) is 0.417.